The minimum atomic E-state index is -0.699. The van der Waals surface area contributed by atoms with Gasteiger partial charge in [-0.15, -0.1) is 0 Å². The zero-order valence-electron chi connectivity index (χ0n) is 12.8. The third-order valence-electron chi connectivity index (χ3n) is 3.51. The standard InChI is InChI=1S/C19H16O5/c20-18(14-7-3-1-4-8-14)23-16-11-12-22-13-17(16)24-19(21)15-9-5-2-6-10-15/h1-12,16-17H,13H2/t16-,17-/m1/s1. The highest BCUT2D eigenvalue weighted by Crippen LogP contribution is 2.16. The van der Waals surface area contributed by atoms with Gasteiger partial charge in [0.05, 0.1) is 17.4 Å². The molecule has 0 bridgehead atoms. The Kier molecular flexibility index (Phi) is 4.91. The quantitative estimate of drug-likeness (QED) is 0.809. The Morgan fingerprint density at radius 1 is 0.833 bits per heavy atom. The molecule has 0 N–H and O–H groups in total. The fourth-order valence-electron chi connectivity index (χ4n) is 2.26. The first-order valence-electron chi connectivity index (χ1n) is 7.54. The maximum absolute atomic E-state index is 12.2. The predicted molar refractivity (Wildman–Crippen MR) is 86.4 cm³/mol. The molecule has 2 aromatic rings. The van der Waals surface area contributed by atoms with Crippen LogP contribution in [0.1, 0.15) is 20.7 Å². The second-order valence-corrected chi connectivity index (χ2v) is 5.21. The van der Waals surface area contributed by atoms with Gasteiger partial charge in [0, 0.05) is 0 Å². The van der Waals surface area contributed by atoms with E-state index >= 15 is 0 Å². The molecule has 3 rings (SSSR count). The van der Waals surface area contributed by atoms with E-state index in [4.69, 9.17) is 14.2 Å². The molecule has 2 atom stereocenters. The summed E-state index contributed by atoms with van der Waals surface area (Å²) >= 11 is 0. The Morgan fingerprint density at radius 2 is 1.38 bits per heavy atom. The molecule has 0 radical (unpaired) electrons. The number of carbonyl (C=O) groups is 2. The van der Waals surface area contributed by atoms with Crippen LogP contribution in [0.3, 0.4) is 0 Å². The van der Waals surface area contributed by atoms with Crippen molar-refractivity contribution < 1.29 is 23.8 Å². The van der Waals surface area contributed by atoms with Crippen molar-refractivity contribution in [3.63, 3.8) is 0 Å². The first-order chi connectivity index (χ1) is 11.7. The number of rotatable bonds is 4. The highest BCUT2D eigenvalue weighted by molar-refractivity contribution is 5.90. The molecule has 5 heteroatoms. The van der Waals surface area contributed by atoms with Crippen LogP contribution in [-0.4, -0.2) is 30.8 Å². The van der Waals surface area contributed by atoms with Gasteiger partial charge in [0.1, 0.15) is 6.61 Å². The van der Waals surface area contributed by atoms with Crippen molar-refractivity contribution in [2.75, 3.05) is 6.61 Å². The van der Waals surface area contributed by atoms with E-state index < -0.39 is 24.1 Å². The van der Waals surface area contributed by atoms with Gasteiger partial charge in [0.2, 0.25) is 0 Å². The summed E-state index contributed by atoms with van der Waals surface area (Å²) in [6, 6.07) is 17.3. The van der Waals surface area contributed by atoms with E-state index in [9.17, 15) is 9.59 Å². The summed E-state index contributed by atoms with van der Waals surface area (Å²) in [4.78, 5) is 24.3. The van der Waals surface area contributed by atoms with E-state index in [-0.39, 0.29) is 6.61 Å². The summed E-state index contributed by atoms with van der Waals surface area (Å²) < 4.78 is 16.1. The molecular formula is C19H16O5. The van der Waals surface area contributed by atoms with Crippen molar-refractivity contribution in [2.45, 2.75) is 12.2 Å². The lowest BCUT2D eigenvalue weighted by Crippen LogP contribution is -2.39. The van der Waals surface area contributed by atoms with Crippen LogP contribution in [-0.2, 0) is 14.2 Å². The average molecular weight is 324 g/mol. The Balaban J connectivity index is 1.67. The molecule has 0 saturated carbocycles. The van der Waals surface area contributed by atoms with Crippen LogP contribution in [0.25, 0.3) is 0 Å². The molecule has 2 aromatic carbocycles. The maximum Gasteiger partial charge on any atom is 0.338 e. The van der Waals surface area contributed by atoms with Crippen LogP contribution < -0.4 is 0 Å². The molecule has 0 amide bonds. The summed E-state index contributed by atoms with van der Waals surface area (Å²) in [5.74, 6) is -0.965. The second kappa shape index (κ2) is 7.46. The molecule has 122 valence electrons. The Labute approximate surface area is 139 Å². The Hall–Kier alpha value is -3.08. The minimum absolute atomic E-state index is 0.127. The van der Waals surface area contributed by atoms with E-state index in [0.29, 0.717) is 11.1 Å². The van der Waals surface area contributed by atoms with Crippen LogP contribution in [0, 0.1) is 0 Å². The van der Waals surface area contributed by atoms with Crippen molar-refractivity contribution in [1.29, 1.82) is 0 Å². The first-order valence-corrected chi connectivity index (χ1v) is 7.54. The number of carbonyl (C=O) groups excluding carboxylic acids is 2. The van der Waals surface area contributed by atoms with E-state index in [1.54, 1.807) is 54.6 Å². The molecule has 0 aromatic heterocycles. The highest BCUT2D eigenvalue weighted by Gasteiger charge is 2.30. The number of benzene rings is 2. The smallest absolute Gasteiger partial charge is 0.338 e. The van der Waals surface area contributed by atoms with Crippen LogP contribution in [0.5, 0.6) is 0 Å². The van der Waals surface area contributed by atoms with Crippen LogP contribution in [0.4, 0.5) is 0 Å². The van der Waals surface area contributed by atoms with Gasteiger partial charge in [-0.05, 0) is 30.3 Å². The molecule has 24 heavy (non-hydrogen) atoms. The average Bonchev–Trinajstić information content (AvgIpc) is 2.64. The molecule has 1 aliphatic rings. The summed E-state index contributed by atoms with van der Waals surface area (Å²) in [5, 5.41) is 0. The third-order valence-corrected chi connectivity index (χ3v) is 3.51. The second-order valence-electron chi connectivity index (χ2n) is 5.21. The molecule has 1 heterocycles. The fourth-order valence-corrected chi connectivity index (χ4v) is 2.26. The van der Waals surface area contributed by atoms with E-state index in [2.05, 4.69) is 0 Å². The van der Waals surface area contributed by atoms with Crippen LogP contribution in [0.15, 0.2) is 73.0 Å². The number of hydrogen-bond donors (Lipinski definition) is 0. The third kappa shape index (κ3) is 3.81. The lowest BCUT2D eigenvalue weighted by molar-refractivity contribution is -0.0491. The predicted octanol–water partition coefficient (Wildman–Crippen LogP) is 2.98. The maximum atomic E-state index is 12.2. The fraction of sp³-hybridized carbons (Fsp3) is 0.158. The monoisotopic (exact) mass is 324 g/mol. The summed E-state index contributed by atoms with van der Waals surface area (Å²) in [6.45, 7) is 0.127. The molecule has 0 spiro atoms. The van der Waals surface area contributed by atoms with E-state index in [1.165, 1.54) is 6.26 Å². The zero-order chi connectivity index (χ0) is 16.8. The number of esters is 2. The van der Waals surface area contributed by atoms with Gasteiger partial charge in [-0.3, -0.25) is 0 Å². The van der Waals surface area contributed by atoms with Crippen molar-refractivity contribution in [1.82, 2.24) is 0 Å². The van der Waals surface area contributed by atoms with Gasteiger partial charge >= 0.3 is 11.9 Å². The molecular weight excluding hydrogens is 308 g/mol. The van der Waals surface area contributed by atoms with Gasteiger partial charge in [-0.1, -0.05) is 36.4 Å². The van der Waals surface area contributed by atoms with E-state index in [1.807, 2.05) is 12.1 Å². The van der Waals surface area contributed by atoms with Gasteiger partial charge in [-0.2, -0.15) is 0 Å². The summed E-state index contributed by atoms with van der Waals surface area (Å²) in [5.41, 5.74) is 0.866. The SMILES string of the molecule is O=C(O[C@@H]1C=COC[C@H]1OC(=O)c1ccccc1)c1ccccc1. The first kappa shape index (κ1) is 15.8. The van der Waals surface area contributed by atoms with Gasteiger partial charge in [0.25, 0.3) is 0 Å². The largest absolute Gasteiger partial charge is 0.497 e. The number of ether oxygens (including phenoxy) is 3. The van der Waals surface area contributed by atoms with Crippen molar-refractivity contribution in [2.24, 2.45) is 0 Å². The summed E-state index contributed by atoms with van der Waals surface area (Å²) in [7, 11) is 0. The van der Waals surface area contributed by atoms with Crippen molar-refractivity contribution in [3.05, 3.63) is 84.1 Å². The minimum Gasteiger partial charge on any atom is -0.497 e. The van der Waals surface area contributed by atoms with Gasteiger partial charge in [0.15, 0.2) is 12.2 Å². The molecule has 0 unspecified atom stereocenters. The van der Waals surface area contributed by atoms with Crippen molar-refractivity contribution >= 4 is 11.9 Å². The molecule has 0 aliphatic carbocycles. The lowest BCUT2D eigenvalue weighted by atomic mass is 10.1. The molecule has 0 saturated heterocycles. The summed E-state index contributed by atoms with van der Waals surface area (Å²) in [6.07, 6.45) is 1.61. The van der Waals surface area contributed by atoms with Gasteiger partial charge < -0.3 is 14.2 Å². The molecule has 5 nitrogen and oxygen atoms in total. The molecule has 0 fully saturated rings. The lowest BCUT2D eigenvalue weighted by Gasteiger charge is -2.27. The van der Waals surface area contributed by atoms with Gasteiger partial charge in [-0.25, -0.2) is 9.59 Å². The molecule has 1 aliphatic heterocycles. The van der Waals surface area contributed by atoms with Crippen LogP contribution in [0.2, 0.25) is 0 Å². The highest BCUT2D eigenvalue weighted by atomic mass is 16.6. The van der Waals surface area contributed by atoms with Crippen molar-refractivity contribution in [3.8, 4) is 0 Å². The van der Waals surface area contributed by atoms with E-state index in [0.717, 1.165) is 0 Å². The normalized spacial score (nSPS) is 19.2. The Morgan fingerprint density at radius 3 is 1.96 bits per heavy atom. The topological polar surface area (TPSA) is 61.8 Å². The zero-order valence-corrected chi connectivity index (χ0v) is 12.8. The Bertz CT molecular complexity index is 724. The number of hydrogen-bond acceptors (Lipinski definition) is 5. The van der Waals surface area contributed by atoms with Crippen LogP contribution >= 0.6 is 0 Å².